The Kier molecular flexibility index (Phi) is 8.02. The maximum Gasteiger partial charge on any atom is 0.278 e. The van der Waals surface area contributed by atoms with E-state index in [1.807, 2.05) is 6.92 Å². The van der Waals surface area contributed by atoms with Crippen LogP contribution in [-0.2, 0) is 9.59 Å². The summed E-state index contributed by atoms with van der Waals surface area (Å²) < 4.78 is 0. The Bertz CT molecular complexity index is 1180. The van der Waals surface area contributed by atoms with E-state index in [0.717, 1.165) is 11.8 Å². The Hall–Kier alpha value is -3.17. The van der Waals surface area contributed by atoms with E-state index < -0.39 is 10.8 Å². The van der Waals surface area contributed by atoms with Crippen molar-refractivity contribution in [2.24, 2.45) is 0 Å². The lowest BCUT2D eigenvalue weighted by Crippen LogP contribution is -2.25. The van der Waals surface area contributed by atoms with Crippen molar-refractivity contribution in [2.75, 3.05) is 10.6 Å². The number of amides is 2. The molecule has 0 fully saturated rings. The molecule has 0 saturated heterocycles. The molecule has 3 aromatic rings. The van der Waals surface area contributed by atoms with Crippen molar-refractivity contribution in [1.29, 1.82) is 0 Å². The number of nitrogens with one attached hydrogen (secondary N) is 3. The van der Waals surface area contributed by atoms with Gasteiger partial charge in [0.15, 0.2) is 10.9 Å². The molecule has 0 aliphatic carbocycles. The molecule has 1 aromatic heterocycles. The van der Waals surface area contributed by atoms with Gasteiger partial charge in [-0.25, -0.2) is 0 Å². The number of rotatable bonds is 8. The number of para-hydroxylation sites is 1. The van der Waals surface area contributed by atoms with Crippen LogP contribution in [0.2, 0.25) is 5.02 Å². The molecule has 2 amide bonds. The Labute approximate surface area is 194 Å². The number of carbonyl (C=O) groups excluding carboxylic acids is 2. The summed E-state index contributed by atoms with van der Waals surface area (Å²) in [5.74, 6) is -0.412. The molecule has 10 heteroatoms. The molecular formula is C22H22ClN5O3S. The molecule has 0 saturated carbocycles. The highest BCUT2D eigenvalue weighted by molar-refractivity contribution is 8.00. The molecule has 1 unspecified atom stereocenters. The molecule has 0 aliphatic rings. The van der Waals surface area contributed by atoms with Gasteiger partial charge in [-0.2, -0.15) is 0 Å². The average molecular weight is 472 g/mol. The normalized spacial score (nSPS) is 11.6. The second-order valence-electron chi connectivity index (χ2n) is 6.77. The summed E-state index contributed by atoms with van der Waals surface area (Å²) >= 11 is 7.08. The maximum atomic E-state index is 12.7. The van der Waals surface area contributed by atoms with E-state index in [2.05, 4.69) is 25.8 Å². The summed E-state index contributed by atoms with van der Waals surface area (Å²) in [6.07, 6.45) is 0.815. The van der Waals surface area contributed by atoms with Gasteiger partial charge in [0.1, 0.15) is 0 Å². The fourth-order valence-corrected chi connectivity index (χ4v) is 3.87. The number of H-pyrrole nitrogens is 1. The first-order valence-electron chi connectivity index (χ1n) is 10.0. The molecule has 166 valence electrons. The maximum absolute atomic E-state index is 12.7. The van der Waals surface area contributed by atoms with E-state index in [0.29, 0.717) is 34.8 Å². The molecule has 0 bridgehead atoms. The van der Waals surface area contributed by atoms with Crippen molar-refractivity contribution < 1.29 is 9.59 Å². The highest BCUT2D eigenvalue weighted by atomic mass is 35.5. The van der Waals surface area contributed by atoms with Crippen LogP contribution in [0.5, 0.6) is 0 Å². The second kappa shape index (κ2) is 10.9. The lowest BCUT2D eigenvalue weighted by Gasteiger charge is -2.14. The summed E-state index contributed by atoms with van der Waals surface area (Å²) in [5, 5.41) is 14.0. The van der Waals surface area contributed by atoms with Crippen LogP contribution in [0.25, 0.3) is 11.3 Å². The fraction of sp³-hybridized carbons (Fsp3) is 0.227. The standard InChI is InChI=1S/C22H22ClN5O3S/c1-3-17(20(30)24-14-9-7-8-13(23)12-14)32-22-26-21(31)19(27-28-22)15-10-5-6-11-16(15)25-18(29)4-2/h5-12,17H,3-4H2,1-2H3,(H,24,30)(H,25,29)(H,26,28,31). The number of hydrogen-bond donors (Lipinski definition) is 3. The number of aromatic amines is 1. The molecule has 32 heavy (non-hydrogen) atoms. The van der Waals surface area contributed by atoms with Crippen molar-refractivity contribution in [3.63, 3.8) is 0 Å². The Morgan fingerprint density at radius 1 is 1.09 bits per heavy atom. The highest BCUT2D eigenvalue weighted by Crippen LogP contribution is 2.26. The minimum Gasteiger partial charge on any atom is -0.325 e. The first-order valence-corrected chi connectivity index (χ1v) is 11.3. The highest BCUT2D eigenvalue weighted by Gasteiger charge is 2.21. The van der Waals surface area contributed by atoms with Crippen LogP contribution in [0.3, 0.4) is 0 Å². The molecule has 1 heterocycles. The molecule has 3 rings (SSSR count). The zero-order chi connectivity index (χ0) is 23.1. The van der Waals surface area contributed by atoms with Crippen LogP contribution >= 0.6 is 23.4 Å². The lowest BCUT2D eigenvalue weighted by molar-refractivity contribution is -0.116. The Morgan fingerprint density at radius 3 is 2.56 bits per heavy atom. The van der Waals surface area contributed by atoms with Crippen molar-refractivity contribution in [3.8, 4) is 11.3 Å². The van der Waals surface area contributed by atoms with E-state index in [4.69, 9.17) is 11.6 Å². The number of halogens is 1. The van der Waals surface area contributed by atoms with Crippen LogP contribution in [-0.4, -0.2) is 32.2 Å². The molecule has 1 atom stereocenters. The molecule has 8 nitrogen and oxygen atoms in total. The number of aromatic nitrogens is 3. The van der Waals surface area contributed by atoms with E-state index in [1.165, 1.54) is 0 Å². The summed E-state index contributed by atoms with van der Waals surface area (Å²) in [7, 11) is 0. The Balaban J connectivity index is 1.78. The number of thioether (sulfide) groups is 1. The van der Waals surface area contributed by atoms with Crippen molar-refractivity contribution >= 4 is 46.6 Å². The molecule has 0 radical (unpaired) electrons. The SMILES string of the molecule is CCC(=O)Nc1ccccc1-c1nnc(SC(CC)C(=O)Nc2cccc(Cl)c2)[nH]c1=O. The third-order valence-corrected chi connectivity index (χ3v) is 5.94. The van der Waals surface area contributed by atoms with Crippen molar-refractivity contribution in [3.05, 3.63) is 63.9 Å². The largest absolute Gasteiger partial charge is 0.325 e. The number of nitrogens with zero attached hydrogens (tertiary/aromatic N) is 2. The molecule has 0 spiro atoms. The van der Waals surface area contributed by atoms with Crippen LogP contribution in [0.4, 0.5) is 11.4 Å². The second-order valence-corrected chi connectivity index (χ2v) is 8.40. The van der Waals surface area contributed by atoms with Gasteiger partial charge < -0.3 is 10.6 Å². The molecular weight excluding hydrogens is 450 g/mol. The van der Waals surface area contributed by atoms with E-state index in [9.17, 15) is 14.4 Å². The topological polar surface area (TPSA) is 117 Å². The van der Waals surface area contributed by atoms with Gasteiger partial charge in [0.2, 0.25) is 11.8 Å². The third-order valence-electron chi connectivity index (χ3n) is 4.46. The first-order chi connectivity index (χ1) is 15.4. The zero-order valence-corrected chi connectivity index (χ0v) is 19.1. The minimum atomic E-state index is -0.499. The number of carbonyl (C=O) groups is 2. The van der Waals surface area contributed by atoms with Gasteiger partial charge in [-0.05, 0) is 30.7 Å². The smallest absolute Gasteiger partial charge is 0.278 e. The summed E-state index contributed by atoms with van der Waals surface area (Å²) in [4.78, 5) is 39.8. The van der Waals surface area contributed by atoms with Crippen molar-refractivity contribution in [2.45, 2.75) is 37.1 Å². The lowest BCUT2D eigenvalue weighted by atomic mass is 10.1. The van der Waals surface area contributed by atoms with E-state index >= 15 is 0 Å². The predicted molar refractivity (Wildman–Crippen MR) is 127 cm³/mol. The fourth-order valence-electron chi connectivity index (χ4n) is 2.83. The minimum absolute atomic E-state index is 0.0813. The van der Waals surface area contributed by atoms with Gasteiger partial charge in [-0.3, -0.25) is 19.4 Å². The van der Waals surface area contributed by atoms with Crippen LogP contribution in [0.1, 0.15) is 26.7 Å². The number of anilines is 2. The number of benzene rings is 2. The van der Waals surface area contributed by atoms with Gasteiger partial charge in [0.25, 0.3) is 5.56 Å². The van der Waals surface area contributed by atoms with Gasteiger partial charge in [0, 0.05) is 22.7 Å². The number of hydrogen-bond acceptors (Lipinski definition) is 6. The quantitative estimate of drug-likeness (QED) is 0.420. The van der Waals surface area contributed by atoms with Gasteiger partial charge in [0.05, 0.1) is 10.9 Å². The molecule has 3 N–H and O–H groups in total. The predicted octanol–water partition coefficient (Wildman–Crippen LogP) is 4.34. The van der Waals surface area contributed by atoms with Gasteiger partial charge in [-0.15, -0.1) is 10.2 Å². The van der Waals surface area contributed by atoms with E-state index in [-0.39, 0.29) is 22.7 Å². The van der Waals surface area contributed by atoms with E-state index in [1.54, 1.807) is 55.5 Å². The van der Waals surface area contributed by atoms with Gasteiger partial charge in [-0.1, -0.05) is 61.5 Å². The van der Waals surface area contributed by atoms with Crippen LogP contribution in [0.15, 0.2) is 58.5 Å². The molecule has 2 aromatic carbocycles. The average Bonchev–Trinajstić information content (AvgIpc) is 2.78. The summed E-state index contributed by atoms with van der Waals surface area (Å²) in [6.45, 7) is 3.60. The monoisotopic (exact) mass is 471 g/mol. The zero-order valence-electron chi connectivity index (χ0n) is 17.5. The van der Waals surface area contributed by atoms with Crippen LogP contribution < -0.4 is 16.2 Å². The Morgan fingerprint density at radius 2 is 1.88 bits per heavy atom. The molecule has 0 aliphatic heterocycles. The summed E-state index contributed by atoms with van der Waals surface area (Å²) in [5.41, 5.74) is 1.14. The third kappa shape index (κ3) is 5.95. The van der Waals surface area contributed by atoms with Gasteiger partial charge >= 0.3 is 0 Å². The van der Waals surface area contributed by atoms with Crippen molar-refractivity contribution in [1.82, 2.24) is 15.2 Å². The summed E-state index contributed by atoms with van der Waals surface area (Å²) in [6, 6.07) is 13.7. The van der Waals surface area contributed by atoms with Crippen LogP contribution in [0, 0.1) is 0 Å². The first kappa shape index (κ1) is 23.5.